The fraction of sp³-hybridized carbons (Fsp3) is 0.182. The van der Waals surface area contributed by atoms with Gasteiger partial charge in [-0.05, 0) is 36.8 Å². The lowest BCUT2D eigenvalue weighted by Gasteiger charge is -2.11. The van der Waals surface area contributed by atoms with Gasteiger partial charge < -0.3 is 14.8 Å². The highest BCUT2D eigenvalue weighted by molar-refractivity contribution is 7.99. The van der Waals surface area contributed by atoms with Gasteiger partial charge in [0.25, 0.3) is 0 Å². The highest BCUT2D eigenvalue weighted by atomic mass is 32.2. The van der Waals surface area contributed by atoms with E-state index < -0.39 is 27.4 Å². The molecule has 1 amide bonds. The summed E-state index contributed by atoms with van der Waals surface area (Å²) in [5.41, 5.74) is 1.27. The number of hydrogen-bond donors (Lipinski definition) is 2. The van der Waals surface area contributed by atoms with Gasteiger partial charge in [-0.3, -0.25) is 0 Å². The Morgan fingerprint density at radius 2 is 2.00 bits per heavy atom. The molecule has 0 aliphatic heterocycles. The maximum atomic E-state index is 14.4. The molecule has 0 aliphatic carbocycles. The van der Waals surface area contributed by atoms with Crippen molar-refractivity contribution in [3.05, 3.63) is 65.9 Å². The second-order valence-corrected chi connectivity index (χ2v) is 9.08. The van der Waals surface area contributed by atoms with Crippen LogP contribution in [0, 0.1) is 11.6 Å². The monoisotopic (exact) mass is 476 g/mol. The first kappa shape index (κ1) is 23.9. The number of amides is 1. The van der Waals surface area contributed by atoms with Gasteiger partial charge in [-0.1, -0.05) is 12.1 Å². The number of benzene rings is 2. The van der Waals surface area contributed by atoms with Crippen molar-refractivity contribution in [1.82, 2.24) is 14.7 Å². The number of rotatable bonds is 7. The first-order valence-corrected chi connectivity index (χ1v) is 11.8. The highest BCUT2D eigenvalue weighted by Gasteiger charge is 2.15. The maximum absolute atomic E-state index is 14.4. The van der Waals surface area contributed by atoms with Crippen LogP contribution in [0.4, 0.5) is 25.2 Å². The predicted octanol–water partition coefficient (Wildman–Crippen LogP) is 3.90. The number of carbonyl (C=O) groups excluding carboxylic acids is 1. The second kappa shape index (κ2) is 10.3. The van der Waals surface area contributed by atoms with Crippen LogP contribution in [0.25, 0.3) is 11.3 Å². The van der Waals surface area contributed by atoms with Gasteiger partial charge in [-0.15, -0.1) is 0 Å². The van der Waals surface area contributed by atoms with E-state index in [0.717, 1.165) is 12.3 Å². The van der Waals surface area contributed by atoms with Gasteiger partial charge in [0.05, 0.1) is 29.6 Å². The number of nitrogens with one attached hydrogen (secondary N) is 2. The van der Waals surface area contributed by atoms with Crippen LogP contribution >= 0.6 is 0 Å². The van der Waals surface area contributed by atoms with Gasteiger partial charge in [-0.25, -0.2) is 32.5 Å². The van der Waals surface area contributed by atoms with E-state index in [9.17, 15) is 17.8 Å². The molecule has 8 nitrogen and oxygen atoms in total. The van der Waals surface area contributed by atoms with Crippen molar-refractivity contribution < 1.29 is 27.3 Å². The molecule has 0 aliphatic rings. The van der Waals surface area contributed by atoms with E-state index in [1.807, 2.05) is 0 Å². The van der Waals surface area contributed by atoms with Crippen molar-refractivity contribution in [3.8, 4) is 17.0 Å². The standard InChI is InChI=1S/C22H22F2N4O4S/c1-4-32-22(29)28-33(3,30)13-14-6-5-7-16(10-14)26-21-25-12-18(24)20(27-21)17-9-8-15(23)11-19(17)31-2/h5-13H,4H2,1-3H3,(H,25,26,27)(H,28,29,30). The molecular formula is C22H22F2N4O4S. The lowest BCUT2D eigenvalue weighted by molar-refractivity contribution is 0.159. The number of ether oxygens (including phenoxy) is 2. The summed E-state index contributed by atoms with van der Waals surface area (Å²) < 4.78 is 52.8. The summed E-state index contributed by atoms with van der Waals surface area (Å²) in [6.07, 6.45) is 1.58. The number of halogens is 2. The van der Waals surface area contributed by atoms with E-state index >= 15 is 0 Å². The summed E-state index contributed by atoms with van der Waals surface area (Å²) in [5, 5.41) is 4.35. The predicted molar refractivity (Wildman–Crippen MR) is 123 cm³/mol. The molecule has 1 aromatic heterocycles. The Labute approximate surface area is 190 Å². The van der Waals surface area contributed by atoms with E-state index in [0.29, 0.717) is 11.3 Å². The summed E-state index contributed by atoms with van der Waals surface area (Å²) in [7, 11) is -1.51. The third-order valence-corrected chi connectivity index (χ3v) is 5.52. The van der Waals surface area contributed by atoms with E-state index in [1.165, 1.54) is 30.9 Å². The Morgan fingerprint density at radius 3 is 2.73 bits per heavy atom. The molecule has 0 saturated carbocycles. The van der Waals surface area contributed by atoms with E-state index in [-0.39, 0.29) is 29.6 Å². The van der Waals surface area contributed by atoms with Crippen molar-refractivity contribution in [2.45, 2.75) is 6.92 Å². The van der Waals surface area contributed by atoms with E-state index in [2.05, 4.69) is 20.0 Å². The maximum Gasteiger partial charge on any atom is 0.418 e. The van der Waals surface area contributed by atoms with Crippen LogP contribution in [0.1, 0.15) is 12.5 Å². The molecule has 0 radical (unpaired) electrons. The topological polar surface area (TPSA) is 102 Å². The lowest BCUT2D eigenvalue weighted by atomic mass is 10.1. The van der Waals surface area contributed by atoms with E-state index in [1.54, 1.807) is 31.2 Å². The zero-order valence-electron chi connectivity index (χ0n) is 18.1. The Morgan fingerprint density at radius 1 is 1.21 bits per heavy atom. The summed E-state index contributed by atoms with van der Waals surface area (Å²) >= 11 is 0. The molecule has 0 bridgehead atoms. The number of hydrogen-bond acceptors (Lipinski definition) is 7. The molecule has 0 spiro atoms. The molecular weight excluding hydrogens is 454 g/mol. The van der Waals surface area contributed by atoms with Crippen LogP contribution in [-0.4, -0.2) is 45.6 Å². The van der Waals surface area contributed by atoms with Crippen LogP contribution in [0.2, 0.25) is 0 Å². The average Bonchev–Trinajstić information content (AvgIpc) is 2.75. The number of carbonyl (C=O) groups is 1. The summed E-state index contributed by atoms with van der Waals surface area (Å²) in [4.78, 5) is 19.7. The van der Waals surface area contributed by atoms with Crippen molar-refractivity contribution in [3.63, 3.8) is 0 Å². The molecule has 3 rings (SSSR count). The molecule has 0 saturated heterocycles. The van der Waals surface area contributed by atoms with Crippen LogP contribution in [0.15, 0.2) is 48.7 Å². The second-order valence-electron chi connectivity index (χ2n) is 6.83. The molecule has 11 heteroatoms. The van der Waals surface area contributed by atoms with Gasteiger partial charge >= 0.3 is 6.09 Å². The zero-order chi connectivity index (χ0) is 24.0. The minimum Gasteiger partial charge on any atom is -0.496 e. The number of anilines is 2. The molecule has 2 N–H and O–H groups in total. The van der Waals surface area contributed by atoms with Gasteiger partial charge in [-0.2, -0.15) is 0 Å². The minimum atomic E-state index is -2.86. The van der Waals surface area contributed by atoms with Gasteiger partial charge in [0.1, 0.15) is 17.3 Å². The van der Waals surface area contributed by atoms with Crippen molar-refractivity contribution in [2.24, 2.45) is 0 Å². The first-order chi connectivity index (χ1) is 15.7. The minimum absolute atomic E-state index is 0.0673. The average molecular weight is 477 g/mol. The number of methoxy groups -OCH3 is 1. The fourth-order valence-corrected chi connectivity index (χ4v) is 4.03. The van der Waals surface area contributed by atoms with Gasteiger partial charge in [0.15, 0.2) is 5.82 Å². The largest absolute Gasteiger partial charge is 0.496 e. The number of aromatic nitrogens is 2. The van der Waals surface area contributed by atoms with Crippen molar-refractivity contribution in [1.29, 1.82) is 0 Å². The Bertz CT molecular complexity index is 1290. The third kappa shape index (κ3) is 6.39. The normalized spacial score (nSPS) is 12.4. The summed E-state index contributed by atoms with van der Waals surface area (Å²) in [5.74, 6) is -1.02. The Balaban J connectivity index is 1.88. The van der Waals surface area contributed by atoms with Crippen molar-refractivity contribution in [2.75, 3.05) is 25.3 Å². The molecule has 1 heterocycles. The lowest BCUT2D eigenvalue weighted by Crippen LogP contribution is -2.31. The Hall–Kier alpha value is -3.73. The van der Waals surface area contributed by atoms with Gasteiger partial charge in [0, 0.05) is 28.9 Å². The molecule has 33 heavy (non-hydrogen) atoms. The SMILES string of the molecule is CCOC(=O)NS(C)(=O)=Cc1cccc(Nc2ncc(F)c(-c3ccc(F)cc3OC)n2)c1. The molecule has 3 aromatic rings. The van der Waals surface area contributed by atoms with E-state index in [4.69, 9.17) is 9.47 Å². The van der Waals surface area contributed by atoms with Crippen LogP contribution in [0.5, 0.6) is 5.75 Å². The van der Waals surface area contributed by atoms with Crippen molar-refractivity contribution >= 4 is 32.8 Å². The third-order valence-electron chi connectivity index (χ3n) is 4.23. The zero-order valence-corrected chi connectivity index (χ0v) is 18.9. The van der Waals surface area contributed by atoms with Crippen LogP contribution in [-0.2, 0) is 14.4 Å². The van der Waals surface area contributed by atoms with Gasteiger partial charge in [0.2, 0.25) is 5.95 Å². The molecule has 1 atom stereocenters. The highest BCUT2D eigenvalue weighted by Crippen LogP contribution is 2.31. The fourth-order valence-electron chi connectivity index (χ4n) is 2.91. The molecule has 1 unspecified atom stereocenters. The quantitative estimate of drug-likeness (QED) is 0.499. The summed E-state index contributed by atoms with van der Waals surface area (Å²) in [6, 6.07) is 10.4. The first-order valence-electron chi connectivity index (χ1n) is 9.72. The molecule has 0 fully saturated rings. The van der Waals surface area contributed by atoms with Crippen LogP contribution in [0.3, 0.4) is 0 Å². The smallest absolute Gasteiger partial charge is 0.418 e. The Kier molecular flexibility index (Phi) is 7.44. The summed E-state index contributed by atoms with van der Waals surface area (Å²) in [6.45, 7) is 1.80. The molecule has 2 aromatic carbocycles. The van der Waals surface area contributed by atoms with Crippen LogP contribution < -0.4 is 14.8 Å². The molecule has 174 valence electrons. The number of nitrogens with zero attached hydrogens (tertiary/aromatic N) is 2.